The largest absolute Gasteiger partial charge is 0.417 e. The van der Waals surface area contributed by atoms with Crippen LogP contribution in [0.4, 0.5) is 26.3 Å². The second-order valence-electron chi connectivity index (χ2n) is 3.31. The summed E-state index contributed by atoms with van der Waals surface area (Å²) < 4.78 is 75.5. The molecule has 18 heavy (non-hydrogen) atoms. The van der Waals surface area contributed by atoms with Crippen molar-refractivity contribution in [1.82, 2.24) is 0 Å². The first kappa shape index (κ1) is 15.0. The van der Waals surface area contributed by atoms with Crippen molar-refractivity contribution in [2.45, 2.75) is 17.7 Å². The fourth-order valence-corrected chi connectivity index (χ4v) is 1.94. The summed E-state index contributed by atoms with van der Waals surface area (Å²) >= 11 is 2.82. The SMILES string of the molecule is O=Cc1c(CBr)ccc(C(F)(F)F)c1C(F)(F)F. The number of hydrogen-bond donors (Lipinski definition) is 0. The molecule has 1 aromatic rings. The van der Waals surface area contributed by atoms with Crippen LogP contribution in [0.15, 0.2) is 12.1 Å². The van der Waals surface area contributed by atoms with E-state index in [9.17, 15) is 31.1 Å². The van der Waals surface area contributed by atoms with Crippen LogP contribution >= 0.6 is 15.9 Å². The van der Waals surface area contributed by atoms with Gasteiger partial charge in [-0.2, -0.15) is 26.3 Å². The van der Waals surface area contributed by atoms with Gasteiger partial charge in [-0.3, -0.25) is 4.79 Å². The van der Waals surface area contributed by atoms with E-state index in [-0.39, 0.29) is 17.2 Å². The van der Waals surface area contributed by atoms with Crippen LogP contribution < -0.4 is 0 Å². The molecule has 0 saturated carbocycles. The molecular weight excluding hydrogens is 330 g/mol. The van der Waals surface area contributed by atoms with Gasteiger partial charge in [-0.05, 0) is 11.6 Å². The Kier molecular flexibility index (Phi) is 4.09. The standard InChI is InChI=1S/C10H5BrF6O/c11-3-5-1-2-7(9(12,13)14)8(6(5)4-18)10(15,16)17/h1-2,4H,3H2. The lowest BCUT2D eigenvalue weighted by atomic mass is 9.96. The Morgan fingerprint density at radius 1 is 1.06 bits per heavy atom. The van der Waals surface area contributed by atoms with E-state index in [1.807, 2.05) is 0 Å². The summed E-state index contributed by atoms with van der Waals surface area (Å²) in [6.45, 7) is 0. The van der Waals surface area contributed by atoms with Crippen LogP contribution in [0.1, 0.15) is 27.0 Å². The summed E-state index contributed by atoms with van der Waals surface area (Å²) in [6.07, 6.45) is -10.6. The van der Waals surface area contributed by atoms with Crippen molar-refractivity contribution in [3.63, 3.8) is 0 Å². The molecule has 0 aliphatic heterocycles. The minimum atomic E-state index is -5.25. The predicted octanol–water partition coefficient (Wildman–Crippen LogP) is 4.43. The molecule has 100 valence electrons. The summed E-state index contributed by atoms with van der Waals surface area (Å²) in [5, 5.41) is -0.151. The molecule has 0 bridgehead atoms. The number of alkyl halides is 7. The van der Waals surface area contributed by atoms with Crippen LogP contribution in [-0.4, -0.2) is 6.29 Å². The van der Waals surface area contributed by atoms with Crippen LogP contribution in [0.5, 0.6) is 0 Å². The Morgan fingerprint density at radius 2 is 1.61 bits per heavy atom. The van der Waals surface area contributed by atoms with E-state index in [0.29, 0.717) is 6.07 Å². The molecule has 0 aromatic heterocycles. The highest BCUT2D eigenvalue weighted by Gasteiger charge is 2.45. The quantitative estimate of drug-likeness (QED) is 0.444. The van der Waals surface area contributed by atoms with E-state index < -0.39 is 29.0 Å². The normalized spacial score (nSPS) is 12.6. The third kappa shape index (κ3) is 2.85. The van der Waals surface area contributed by atoms with Crippen LogP contribution in [0, 0.1) is 0 Å². The van der Waals surface area contributed by atoms with Crippen molar-refractivity contribution < 1.29 is 31.1 Å². The minimum Gasteiger partial charge on any atom is -0.298 e. The molecule has 0 amide bonds. The van der Waals surface area contributed by atoms with Gasteiger partial charge < -0.3 is 0 Å². The maximum atomic E-state index is 12.7. The Morgan fingerprint density at radius 3 is 1.94 bits per heavy atom. The highest BCUT2D eigenvalue weighted by Crippen LogP contribution is 2.42. The molecule has 1 nitrogen and oxygen atoms in total. The van der Waals surface area contributed by atoms with Crippen molar-refractivity contribution in [1.29, 1.82) is 0 Å². The third-order valence-electron chi connectivity index (χ3n) is 2.19. The summed E-state index contributed by atoms with van der Waals surface area (Å²) in [6, 6.07) is 1.17. The fraction of sp³-hybridized carbons (Fsp3) is 0.300. The van der Waals surface area contributed by atoms with E-state index >= 15 is 0 Å². The van der Waals surface area contributed by atoms with Gasteiger partial charge in [0.05, 0.1) is 11.1 Å². The number of rotatable bonds is 2. The zero-order chi connectivity index (χ0) is 14.1. The topological polar surface area (TPSA) is 17.1 Å². The second kappa shape index (κ2) is 4.91. The van der Waals surface area contributed by atoms with Gasteiger partial charge in [0.15, 0.2) is 6.29 Å². The van der Waals surface area contributed by atoms with Crippen molar-refractivity contribution >= 4 is 22.2 Å². The van der Waals surface area contributed by atoms with Gasteiger partial charge >= 0.3 is 12.4 Å². The first-order valence-electron chi connectivity index (χ1n) is 4.44. The number of hydrogen-bond acceptors (Lipinski definition) is 1. The number of halogens is 7. The summed E-state index contributed by atoms with van der Waals surface area (Å²) in [5.41, 5.74) is -4.94. The third-order valence-corrected chi connectivity index (χ3v) is 2.79. The molecule has 0 aliphatic carbocycles. The van der Waals surface area contributed by atoms with Crippen molar-refractivity contribution in [2.24, 2.45) is 0 Å². The van der Waals surface area contributed by atoms with E-state index in [4.69, 9.17) is 0 Å². The van der Waals surface area contributed by atoms with E-state index in [1.54, 1.807) is 0 Å². The van der Waals surface area contributed by atoms with Crippen LogP contribution in [0.25, 0.3) is 0 Å². The van der Waals surface area contributed by atoms with E-state index in [0.717, 1.165) is 6.07 Å². The Balaban J connectivity index is 3.72. The molecule has 0 unspecified atom stereocenters. The van der Waals surface area contributed by atoms with Crippen LogP contribution in [-0.2, 0) is 17.7 Å². The zero-order valence-corrected chi connectivity index (χ0v) is 10.1. The predicted molar refractivity (Wildman–Crippen MR) is 54.5 cm³/mol. The fourth-order valence-electron chi connectivity index (χ4n) is 1.46. The smallest absolute Gasteiger partial charge is 0.298 e. The molecular formula is C10H5BrF6O. The molecule has 0 fully saturated rings. The molecule has 0 N–H and O–H groups in total. The maximum Gasteiger partial charge on any atom is 0.417 e. The monoisotopic (exact) mass is 334 g/mol. The number of aldehydes is 1. The Bertz CT molecular complexity index is 463. The molecule has 0 spiro atoms. The van der Waals surface area contributed by atoms with Gasteiger partial charge in [-0.15, -0.1) is 0 Å². The van der Waals surface area contributed by atoms with Crippen LogP contribution in [0.2, 0.25) is 0 Å². The lowest BCUT2D eigenvalue weighted by Gasteiger charge is -2.18. The lowest BCUT2D eigenvalue weighted by molar-refractivity contribution is -0.162. The molecule has 0 atom stereocenters. The minimum absolute atomic E-state index is 0.148. The van der Waals surface area contributed by atoms with Gasteiger partial charge in [-0.1, -0.05) is 22.0 Å². The second-order valence-corrected chi connectivity index (χ2v) is 3.87. The molecule has 0 radical (unpaired) electrons. The average molecular weight is 335 g/mol. The Labute approximate surface area is 106 Å². The van der Waals surface area contributed by atoms with Gasteiger partial charge in [0.1, 0.15) is 0 Å². The zero-order valence-electron chi connectivity index (χ0n) is 8.49. The highest BCUT2D eigenvalue weighted by molar-refractivity contribution is 9.08. The molecule has 8 heteroatoms. The van der Waals surface area contributed by atoms with Crippen molar-refractivity contribution in [3.8, 4) is 0 Å². The molecule has 0 aliphatic rings. The average Bonchev–Trinajstić information content (AvgIpc) is 2.24. The molecule has 0 saturated heterocycles. The van der Waals surface area contributed by atoms with E-state index in [2.05, 4.69) is 15.9 Å². The first-order chi connectivity index (χ1) is 8.12. The maximum absolute atomic E-state index is 12.7. The van der Waals surface area contributed by atoms with Gasteiger partial charge in [0.2, 0.25) is 0 Å². The first-order valence-corrected chi connectivity index (χ1v) is 5.56. The molecule has 1 rings (SSSR count). The number of carbonyl (C=O) groups is 1. The molecule has 0 heterocycles. The van der Waals surface area contributed by atoms with Crippen LogP contribution in [0.3, 0.4) is 0 Å². The summed E-state index contributed by atoms with van der Waals surface area (Å²) in [4.78, 5) is 10.6. The van der Waals surface area contributed by atoms with E-state index in [1.165, 1.54) is 0 Å². The van der Waals surface area contributed by atoms with Gasteiger partial charge in [-0.25, -0.2) is 0 Å². The van der Waals surface area contributed by atoms with Crippen molar-refractivity contribution in [3.05, 3.63) is 34.4 Å². The molecule has 1 aromatic carbocycles. The number of benzene rings is 1. The summed E-state index contributed by atoms with van der Waals surface area (Å²) in [5.74, 6) is 0. The highest BCUT2D eigenvalue weighted by atomic mass is 79.9. The number of carbonyl (C=O) groups excluding carboxylic acids is 1. The lowest BCUT2D eigenvalue weighted by Crippen LogP contribution is -2.20. The summed E-state index contributed by atoms with van der Waals surface area (Å²) in [7, 11) is 0. The van der Waals surface area contributed by atoms with Gasteiger partial charge in [0.25, 0.3) is 0 Å². The van der Waals surface area contributed by atoms with Crippen molar-refractivity contribution in [2.75, 3.05) is 0 Å². The Hall–Kier alpha value is -1.05. The van der Waals surface area contributed by atoms with Gasteiger partial charge in [0, 0.05) is 10.9 Å².